The summed E-state index contributed by atoms with van der Waals surface area (Å²) >= 11 is 4.96. The molecule has 0 saturated heterocycles. The molecule has 0 aromatic carbocycles. The van der Waals surface area contributed by atoms with Gasteiger partial charge in [-0.2, -0.15) is 0 Å². The molecule has 17 heavy (non-hydrogen) atoms. The second-order valence-corrected chi connectivity index (χ2v) is 4.80. The lowest BCUT2D eigenvalue weighted by atomic mass is 10.2. The van der Waals surface area contributed by atoms with Gasteiger partial charge in [-0.05, 0) is 23.6 Å². The van der Waals surface area contributed by atoms with Crippen LogP contribution in [-0.2, 0) is 10.1 Å². The Balaban J connectivity index is 2.44. The largest absolute Gasteiger partial charge is 0.465 e. The van der Waals surface area contributed by atoms with Gasteiger partial charge in [0.2, 0.25) is 0 Å². The van der Waals surface area contributed by atoms with Crippen molar-refractivity contribution < 1.29 is 9.53 Å². The van der Waals surface area contributed by atoms with E-state index in [-0.39, 0.29) is 5.97 Å². The van der Waals surface area contributed by atoms with E-state index in [2.05, 4.69) is 20.9 Å². The zero-order valence-corrected chi connectivity index (χ0v) is 11.5. The van der Waals surface area contributed by atoms with E-state index in [4.69, 9.17) is 4.74 Å². The molecule has 0 atom stereocenters. The molecule has 0 bridgehead atoms. The van der Waals surface area contributed by atoms with Crippen molar-refractivity contribution in [2.45, 2.75) is 5.33 Å². The Morgan fingerprint density at radius 1 is 1.47 bits per heavy atom. The number of rotatable bonds is 3. The van der Waals surface area contributed by atoms with E-state index < -0.39 is 0 Å². The Bertz CT molecular complexity index is 525. The van der Waals surface area contributed by atoms with Gasteiger partial charge >= 0.3 is 5.97 Å². The molecule has 0 spiro atoms. The summed E-state index contributed by atoms with van der Waals surface area (Å²) in [4.78, 5) is 17.1. The fourth-order valence-electron chi connectivity index (χ4n) is 1.46. The van der Waals surface area contributed by atoms with Gasteiger partial charge in [0, 0.05) is 5.33 Å². The highest BCUT2D eigenvalue weighted by atomic mass is 79.9. The normalized spacial score (nSPS) is 10.2. The van der Waals surface area contributed by atoms with Crippen LogP contribution in [0.4, 0.5) is 0 Å². The molecule has 0 radical (unpaired) electrons. The Morgan fingerprint density at radius 2 is 2.29 bits per heavy atom. The lowest BCUT2D eigenvalue weighted by Gasteiger charge is -2.06. The average molecular weight is 312 g/mol. The molecule has 0 amide bonds. The smallest absolute Gasteiger partial charge is 0.339 e. The summed E-state index contributed by atoms with van der Waals surface area (Å²) in [6.07, 6.45) is 0. The molecule has 5 heteroatoms. The number of hydrogen-bond acceptors (Lipinski definition) is 4. The number of pyridine rings is 1. The van der Waals surface area contributed by atoms with Crippen LogP contribution in [0.3, 0.4) is 0 Å². The standard InChI is InChI=1S/C12H10BrNO2S/c1-16-12(15)8-4-5-9(14-10(8)7-13)11-3-2-6-17-11/h2-6H,7H2,1H3. The van der Waals surface area contributed by atoms with Crippen molar-refractivity contribution >= 4 is 33.2 Å². The first-order chi connectivity index (χ1) is 8.26. The van der Waals surface area contributed by atoms with Crippen LogP contribution in [0.15, 0.2) is 29.6 Å². The number of nitrogens with zero attached hydrogens (tertiary/aromatic N) is 1. The number of hydrogen-bond donors (Lipinski definition) is 0. The van der Waals surface area contributed by atoms with Crippen molar-refractivity contribution in [2.75, 3.05) is 7.11 Å². The van der Waals surface area contributed by atoms with Crippen LogP contribution >= 0.6 is 27.3 Å². The molecule has 0 aliphatic heterocycles. The van der Waals surface area contributed by atoms with E-state index in [0.717, 1.165) is 10.6 Å². The molecule has 88 valence electrons. The summed E-state index contributed by atoms with van der Waals surface area (Å²) in [5.41, 5.74) is 2.08. The van der Waals surface area contributed by atoms with Gasteiger partial charge < -0.3 is 4.74 Å². The minimum atomic E-state index is -0.357. The maximum Gasteiger partial charge on any atom is 0.339 e. The number of carbonyl (C=O) groups excluding carboxylic acids is 1. The van der Waals surface area contributed by atoms with Gasteiger partial charge in [-0.25, -0.2) is 4.79 Å². The highest BCUT2D eigenvalue weighted by Gasteiger charge is 2.13. The summed E-state index contributed by atoms with van der Waals surface area (Å²) in [7, 11) is 1.37. The number of thiophene rings is 1. The topological polar surface area (TPSA) is 39.2 Å². The van der Waals surface area contributed by atoms with Crippen molar-refractivity contribution in [1.82, 2.24) is 4.98 Å². The Hall–Kier alpha value is -1.20. The lowest BCUT2D eigenvalue weighted by Crippen LogP contribution is -2.06. The fraction of sp³-hybridized carbons (Fsp3) is 0.167. The maximum absolute atomic E-state index is 11.5. The van der Waals surface area contributed by atoms with Crippen LogP contribution in [0.25, 0.3) is 10.6 Å². The number of esters is 1. The van der Waals surface area contributed by atoms with Crippen molar-refractivity contribution in [3.05, 3.63) is 40.9 Å². The summed E-state index contributed by atoms with van der Waals surface area (Å²) in [6, 6.07) is 7.57. The van der Waals surface area contributed by atoms with Crippen molar-refractivity contribution in [3.63, 3.8) is 0 Å². The summed E-state index contributed by atoms with van der Waals surface area (Å²) < 4.78 is 4.71. The highest BCUT2D eigenvalue weighted by Crippen LogP contribution is 2.24. The van der Waals surface area contributed by atoms with E-state index in [1.54, 1.807) is 17.4 Å². The third-order valence-corrected chi connectivity index (χ3v) is 3.70. The monoisotopic (exact) mass is 311 g/mol. The lowest BCUT2D eigenvalue weighted by molar-refractivity contribution is 0.0599. The van der Waals surface area contributed by atoms with Crippen molar-refractivity contribution in [2.24, 2.45) is 0 Å². The molecule has 0 N–H and O–H groups in total. The molecular formula is C12H10BrNO2S. The van der Waals surface area contributed by atoms with Gasteiger partial charge in [0.05, 0.1) is 28.9 Å². The quantitative estimate of drug-likeness (QED) is 0.643. The van der Waals surface area contributed by atoms with Gasteiger partial charge in [-0.3, -0.25) is 4.98 Å². The first kappa shape index (κ1) is 12.3. The number of ether oxygens (including phenoxy) is 1. The van der Waals surface area contributed by atoms with Crippen LogP contribution < -0.4 is 0 Å². The van der Waals surface area contributed by atoms with Gasteiger partial charge in [0.15, 0.2) is 0 Å². The van der Waals surface area contributed by atoms with E-state index in [9.17, 15) is 4.79 Å². The predicted octanol–water partition coefficient (Wildman–Crippen LogP) is 3.49. The molecule has 3 nitrogen and oxygen atoms in total. The maximum atomic E-state index is 11.5. The number of aromatic nitrogens is 1. The van der Waals surface area contributed by atoms with Crippen LogP contribution in [0.5, 0.6) is 0 Å². The zero-order chi connectivity index (χ0) is 12.3. The predicted molar refractivity (Wildman–Crippen MR) is 71.5 cm³/mol. The van der Waals surface area contributed by atoms with Crippen LogP contribution in [-0.4, -0.2) is 18.1 Å². The average Bonchev–Trinajstić information content (AvgIpc) is 2.91. The summed E-state index contributed by atoms with van der Waals surface area (Å²) in [6.45, 7) is 0. The molecule has 0 aliphatic rings. The molecule has 2 aromatic rings. The Morgan fingerprint density at radius 3 is 2.88 bits per heavy atom. The zero-order valence-electron chi connectivity index (χ0n) is 9.14. The van der Waals surface area contributed by atoms with Gasteiger partial charge in [0.1, 0.15) is 0 Å². The number of methoxy groups -OCH3 is 1. The summed E-state index contributed by atoms with van der Waals surface area (Å²) in [5, 5.41) is 2.52. The van der Waals surface area contributed by atoms with E-state index >= 15 is 0 Å². The molecule has 0 saturated carbocycles. The molecule has 0 aliphatic carbocycles. The third-order valence-electron chi connectivity index (χ3n) is 2.28. The Kier molecular flexibility index (Phi) is 3.91. The number of carbonyl (C=O) groups is 1. The van der Waals surface area contributed by atoms with E-state index in [1.807, 2.05) is 23.6 Å². The molecule has 0 fully saturated rings. The van der Waals surface area contributed by atoms with Crippen molar-refractivity contribution in [1.29, 1.82) is 0 Å². The van der Waals surface area contributed by atoms with Gasteiger partial charge in [-0.15, -0.1) is 11.3 Å². The van der Waals surface area contributed by atoms with Gasteiger partial charge in [0.25, 0.3) is 0 Å². The number of alkyl halides is 1. The Labute approximate surface area is 112 Å². The molecule has 2 heterocycles. The second kappa shape index (κ2) is 5.42. The van der Waals surface area contributed by atoms with Crippen LogP contribution in [0, 0.1) is 0 Å². The first-order valence-corrected chi connectivity index (χ1v) is 6.94. The fourth-order valence-corrected chi connectivity index (χ4v) is 2.58. The molecule has 2 aromatic heterocycles. The highest BCUT2D eigenvalue weighted by molar-refractivity contribution is 9.08. The van der Waals surface area contributed by atoms with Crippen molar-refractivity contribution in [3.8, 4) is 10.6 Å². The number of halogens is 1. The molecular weight excluding hydrogens is 302 g/mol. The second-order valence-electron chi connectivity index (χ2n) is 3.29. The first-order valence-electron chi connectivity index (χ1n) is 4.94. The molecule has 0 unspecified atom stereocenters. The summed E-state index contributed by atoms with van der Waals surface area (Å²) in [5.74, 6) is -0.357. The van der Waals surface area contributed by atoms with Crippen LogP contribution in [0.1, 0.15) is 16.1 Å². The minimum Gasteiger partial charge on any atom is -0.465 e. The minimum absolute atomic E-state index is 0.357. The SMILES string of the molecule is COC(=O)c1ccc(-c2cccs2)nc1CBr. The van der Waals surface area contributed by atoms with E-state index in [0.29, 0.717) is 16.6 Å². The van der Waals surface area contributed by atoms with Gasteiger partial charge in [-0.1, -0.05) is 22.0 Å². The van der Waals surface area contributed by atoms with Crippen LogP contribution in [0.2, 0.25) is 0 Å². The van der Waals surface area contributed by atoms with E-state index in [1.165, 1.54) is 7.11 Å². The molecule has 2 rings (SSSR count). The third kappa shape index (κ3) is 2.56.